The van der Waals surface area contributed by atoms with Crippen molar-refractivity contribution in [3.8, 4) is 22.6 Å². The summed E-state index contributed by atoms with van der Waals surface area (Å²) in [5.41, 5.74) is 3.24. The highest BCUT2D eigenvalue weighted by Crippen LogP contribution is 2.34. The van der Waals surface area contributed by atoms with Crippen molar-refractivity contribution in [3.63, 3.8) is 0 Å². The lowest BCUT2D eigenvalue weighted by molar-refractivity contribution is -0.120. The van der Waals surface area contributed by atoms with Gasteiger partial charge in [0.2, 0.25) is 5.91 Å². The van der Waals surface area contributed by atoms with E-state index in [4.69, 9.17) is 9.47 Å². The van der Waals surface area contributed by atoms with E-state index in [1.165, 1.54) is 12.1 Å². The van der Waals surface area contributed by atoms with Crippen LogP contribution in [0.25, 0.3) is 11.1 Å². The fraction of sp³-hybridized carbons (Fsp3) is 0.379. The lowest BCUT2D eigenvalue weighted by atomic mass is 9.98. The van der Waals surface area contributed by atoms with E-state index in [2.05, 4.69) is 22.2 Å². The summed E-state index contributed by atoms with van der Waals surface area (Å²) in [7, 11) is 2.16. The van der Waals surface area contributed by atoms with E-state index in [0.717, 1.165) is 54.1 Å². The van der Waals surface area contributed by atoms with Gasteiger partial charge in [-0.2, -0.15) is 0 Å². The summed E-state index contributed by atoms with van der Waals surface area (Å²) < 4.78 is 25.3. The highest BCUT2D eigenvalue weighted by Gasteiger charge is 2.18. The molecular weight excluding hydrogens is 457 g/mol. The fourth-order valence-corrected chi connectivity index (χ4v) is 4.32. The summed E-state index contributed by atoms with van der Waals surface area (Å²) >= 11 is 0. The van der Waals surface area contributed by atoms with Crippen LogP contribution in [0, 0.1) is 11.7 Å². The zero-order valence-corrected chi connectivity index (χ0v) is 21.0. The SMILES string of the molecule is CCOc1ccc(-c2ccc(CC(=O)NCc3cccc(F)c3)nc2)c(OCC2CCN(C)CC2)c1. The molecule has 1 amide bonds. The number of amides is 1. The third-order valence-corrected chi connectivity index (χ3v) is 6.43. The Kier molecular flexibility index (Phi) is 8.90. The van der Waals surface area contributed by atoms with Crippen molar-refractivity contribution in [1.29, 1.82) is 0 Å². The first-order chi connectivity index (χ1) is 17.5. The van der Waals surface area contributed by atoms with Crippen LogP contribution in [-0.4, -0.2) is 49.1 Å². The number of rotatable bonds is 10. The molecule has 3 aromatic rings. The number of halogens is 1. The molecule has 0 saturated carbocycles. The van der Waals surface area contributed by atoms with Gasteiger partial charge in [0.1, 0.15) is 17.3 Å². The van der Waals surface area contributed by atoms with E-state index in [1.54, 1.807) is 18.3 Å². The number of carbonyl (C=O) groups excluding carboxylic acids is 1. The molecule has 2 heterocycles. The second-order valence-electron chi connectivity index (χ2n) is 9.27. The van der Waals surface area contributed by atoms with Gasteiger partial charge in [0, 0.05) is 35.6 Å². The number of ether oxygens (including phenoxy) is 2. The van der Waals surface area contributed by atoms with E-state index in [1.807, 2.05) is 37.3 Å². The number of nitrogens with one attached hydrogen (secondary N) is 1. The quantitative estimate of drug-likeness (QED) is 0.439. The lowest BCUT2D eigenvalue weighted by Crippen LogP contribution is -2.32. The summed E-state index contributed by atoms with van der Waals surface area (Å²) in [5.74, 6) is 1.61. The van der Waals surface area contributed by atoms with Gasteiger partial charge in [0.25, 0.3) is 0 Å². The van der Waals surface area contributed by atoms with Gasteiger partial charge in [-0.25, -0.2) is 4.39 Å². The molecule has 1 aliphatic heterocycles. The van der Waals surface area contributed by atoms with E-state index < -0.39 is 0 Å². The largest absolute Gasteiger partial charge is 0.494 e. The Hall–Kier alpha value is -3.45. The molecule has 0 unspecified atom stereocenters. The first-order valence-corrected chi connectivity index (χ1v) is 12.5. The van der Waals surface area contributed by atoms with Gasteiger partial charge < -0.3 is 19.7 Å². The Morgan fingerprint density at radius 1 is 1.11 bits per heavy atom. The van der Waals surface area contributed by atoms with Crippen LogP contribution in [0.5, 0.6) is 11.5 Å². The number of likely N-dealkylation sites (tertiary alicyclic amines) is 1. The molecule has 7 heteroatoms. The number of benzene rings is 2. The number of hydrogen-bond acceptors (Lipinski definition) is 5. The van der Waals surface area contributed by atoms with Crippen LogP contribution in [-0.2, 0) is 17.8 Å². The van der Waals surface area contributed by atoms with Crippen LogP contribution in [0.3, 0.4) is 0 Å². The molecule has 2 aromatic carbocycles. The van der Waals surface area contributed by atoms with E-state index in [-0.39, 0.29) is 24.7 Å². The van der Waals surface area contributed by atoms with E-state index in [9.17, 15) is 9.18 Å². The average Bonchev–Trinajstić information content (AvgIpc) is 2.88. The molecule has 1 saturated heterocycles. The van der Waals surface area contributed by atoms with Gasteiger partial charge in [-0.05, 0) is 81.7 Å². The normalized spacial score (nSPS) is 14.4. The van der Waals surface area contributed by atoms with Crippen molar-refractivity contribution in [3.05, 3.63) is 77.9 Å². The number of nitrogens with zero attached hydrogens (tertiary/aromatic N) is 2. The molecule has 1 fully saturated rings. The Bertz CT molecular complexity index is 1140. The highest BCUT2D eigenvalue weighted by atomic mass is 19.1. The molecule has 1 aliphatic rings. The van der Waals surface area contributed by atoms with Crippen molar-refractivity contribution in [2.45, 2.75) is 32.7 Å². The molecule has 0 radical (unpaired) electrons. The first-order valence-electron chi connectivity index (χ1n) is 12.5. The van der Waals surface area contributed by atoms with Crippen LogP contribution >= 0.6 is 0 Å². The van der Waals surface area contributed by atoms with E-state index in [0.29, 0.717) is 24.8 Å². The van der Waals surface area contributed by atoms with Gasteiger partial charge >= 0.3 is 0 Å². The number of piperidine rings is 1. The standard InChI is InChI=1S/C29H34FN3O3/c1-3-35-26-9-10-27(28(17-26)36-20-21-11-13-33(2)14-12-21)23-7-8-25(31-19-23)16-29(34)32-18-22-5-4-6-24(30)15-22/h4-10,15,17,19,21H,3,11-14,16,18,20H2,1-2H3,(H,32,34). The number of carbonyl (C=O) groups is 1. The number of aromatic nitrogens is 1. The molecular formula is C29H34FN3O3. The second kappa shape index (κ2) is 12.5. The summed E-state index contributed by atoms with van der Waals surface area (Å²) in [5, 5.41) is 2.82. The van der Waals surface area contributed by atoms with Gasteiger partial charge in [-0.3, -0.25) is 9.78 Å². The summed E-state index contributed by atoms with van der Waals surface area (Å²) in [4.78, 5) is 19.2. The van der Waals surface area contributed by atoms with Gasteiger partial charge in [-0.15, -0.1) is 0 Å². The second-order valence-corrected chi connectivity index (χ2v) is 9.27. The van der Waals surface area contributed by atoms with Crippen molar-refractivity contribution in [1.82, 2.24) is 15.2 Å². The minimum absolute atomic E-state index is 0.151. The van der Waals surface area contributed by atoms with Crippen LogP contribution in [0.4, 0.5) is 4.39 Å². The predicted octanol–water partition coefficient (Wildman–Crippen LogP) is 4.87. The minimum Gasteiger partial charge on any atom is -0.494 e. The molecule has 1 N–H and O–H groups in total. The van der Waals surface area contributed by atoms with Crippen molar-refractivity contribution >= 4 is 5.91 Å². The maximum Gasteiger partial charge on any atom is 0.226 e. The predicted molar refractivity (Wildman–Crippen MR) is 139 cm³/mol. The third-order valence-electron chi connectivity index (χ3n) is 6.43. The maximum absolute atomic E-state index is 13.3. The minimum atomic E-state index is -0.317. The zero-order chi connectivity index (χ0) is 25.3. The highest BCUT2D eigenvalue weighted by molar-refractivity contribution is 5.78. The summed E-state index contributed by atoms with van der Waals surface area (Å²) in [6.07, 6.45) is 4.19. The van der Waals surface area contributed by atoms with E-state index >= 15 is 0 Å². The van der Waals surface area contributed by atoms with Gasteiger partial charge in [-0.1, -0.05) is 18.2 Å². The number of hydrogen-bond donors (Lipinski definition) is 1. The molecule has 0 atom stereocenters. The molecule has 0 aliphatic carbocycles. The topological polar surface area (TPSA) is 63.7 Å². The Morgan fingerprint density at radius 3 is 2.67 bits per heavy atom. The first kappa shape index (κ1) is 25.6. The molecule has 4 rings (SSSR count). The zero-order valence-electron chi connectivity index (χ0n) is 21.0. The van der Waals surface area contributed by atoms with Gasteiger partial charge in [0.05, 0.1) is 19.6 Å². The molecule has 0 bridgehead atoms. The Balaban J connectivity index is 1.40. The van der Waals surface area contributed by atoms with Crippen LogP contribution < -0.4 is 14.8 Å². The average molecular weight is 492 g/mol. The molecule has 190 valence electrons. The Labute approximate surface area is 212 Å². The molecule has 1 aromatic heterocycles. The molecule has 0 spiro atoms. The fourth-order valence-electron chi connectivity index (χ4n) is 4.32. The maximum atomic E-state index is 13.3. The van der Waals surface area contributed by atoms with Crippen LogP contribution in [0.1, 0.15) is 31.0 Å². The van der Waals surface area contributed by atoms with Crippen LogP contribution in [0.2, 0.25) is 0 Å². The van der Waals surface area contributed by atoms with Crippen molar-refractivity contribution in [2.75, 3.05) is 33.4 Å². The van der Waals surface area contributed by atoms with Crippen LogP contribution in [0.15, 0.2) is 60.8 Å². The smallest absolute Gasteiger partial charge is 0.226 e. The Morgan fingerprint density at radius 2 is 1.94 bits per heavy atom. The number of pyridine rings is 1. The summed E-state index contributed by atoms with van der Waals surface area (Å²) in [6.45, 7) is 5.70. The molecule has 36 heavy (non-hydrogen) atoms. The lowest BCUT2D eigenvalue weighted by Gasteiger charge is -2.29. The monoisotopic (exact) mass is 491 g/mol. The van der Waals surface area contributed by atoms with Crippen molar-refractivity contribution < 1.29 is 18.7 Å². The molecule has 6 nitrogen and oxygen atoms in total. The summed E-state index contributed by atoms with van der Waals surface area (Å²) in [6, 6.07) is 15.9. The van der Waals surface area contributed by atoms with Gasteiger partial charge in [0.15, 0.2) is 0 Å². The van der Waals surface area contributed by atoms with Crippen molar-refractivity contribution in [2.24, 2.45) is 5.92 Å². The third kappa shape index (κ3) is 7.28.